The molecule has 1 N–H and O–H groups in total. The number of amides is 1. The molecule has 0 saturated carbocycles. The van der Waals surface area contributed by atoms with E-state index in [1.807, 2.05) is 36.1 Å². The van der Waals surface area contributed by atoms with Crippen molar-refractivity contribution in [2.75, 3.05) is 42.1 Å². The Hall–Kier alpha value is -3.04. The maximum Gasteiger partial charge on any atom is 0.272 e. The molecule has 1 aliphatic rings. The van der Waals surface area contributed by atoms with Crippen LogP contribution >= 0.6 is 11.6 Å². The lowest BCUT2D eigenvalue weighted by atomic mass is 10.2. The SMILES string of the molecule is Cc1cc(C(=O)N2CCN(c3ccc(NS(C)(=O)=O)cc3)CC2)n(-c2ccc(Cl)cc2)n1. The van der Waals surface area contributed by atoms with E-state index in [2.05, 4.69) is 14.7 Å². The molecule has 2 heterocycles. The molecule has 0 spiro atoms. The van der Waals surface area contributed by atoms with Crippen LogP contribution in [0, 0.1) is 6.92 Å². The molecule has 2 aromatic carbocycles. The topological polar surface area (TPSA) is 87.5 Å². The van der Waals surface area contributed by atoms with Crippen molar-refractivity contribution in [3.8, 4) is 5.69 Å². The maximum atomic E-state index is 13.3. The minimum atomic E-state index is -3.30. The van der Waals surface area contributed by atoms with Crippen molar-refractivity contribution in [1.29, 1.82) is 0 Å². The van der Waals surface area contributed by atoms with Crippen LogP contribution in [-0.4, -0.2) is 61.4 Å². The van der Waals surface area contributed by atoms with Gasteiger partial charge in [-0.05, 0) is 61.5 Å². The smallest absolute Gasteiger partial charge is 0.272 e. The maximum absolute atomic E-state index is 13.3. The lowest BCUT2D eigenvalue weighted by Crippen LogP contribution is -2.49. The number of benzene rings is 2. The van der Waals surface area contributed by atoms with E-state index in [9.17, 15) is 13.2 Å². The Balaban J connectivity index is 1.44. The molecule has 0 radical (unpaired) electrons. The number of rotatable bonds is 5. The number of nitrogens with one attached hydrogen (secondary N) is 1. The number of aromatic nitrogens is 2. The number of anilines is 2. The summed E-state index contributed by atoms with van der Waals surface area (Å²) in [6, 6.07) is 16.3. The van der Waals surface area contributed by atoms with E-state index in [4.69, 9.17) is 11.6 Å². The molecule has 1 aliphatic heterocycles. The predicted molar refractivity (Wildman–Crippen MR) is 126 cm³/mol. The number of piperazine rings is 1. The lowest BCUT2D eigenvalue weighted by molar-refractivity contribution is 0.0737. The van der Waals surface area contributed by atoms with E-state index in [1.54, 1.807) is 35.0 Å². The Bertz CT molecular complexity index is 1220. The van der Waals surface area contributed by atoms with Crippen LogP contribution in [0.5, 0.6) is 0 Å². The largest absolute Gasteiger partial charge is 0.368 e. The molecule has 0 unspecified atom stereocenters. The van der Waals surface area contributed by atoms with Crippen LogP contribution in [-0.2, 0) is 10.0 Å². The van der Waals surface area contributed by atoms with E-state index in [-0.39, 0.29) is 5.91 Å². The van der Waals surface area contributed by atoms with Crippen molar-refractivity contribution < 1.29 is 13.2 Å². The zero-order chi connectivity index (χ0) is 22.9. The third-order valence-corrected chi connectivity index (χ3v) is 6.08. The van der Waals surface area contributed by atoms with Crippen LogP contribution in [0.1, 0.15) is 16.2 Å². The Morgan fingerprint density at radius 3 is 2.16 bits per heavy atom. The molecule has 1 amide bonds. The first kappa shape index (κ1) is 22.2. The third kappa shape index (κ3) is 5.05. The third-order valence-electron chi connectivity index (χ3n) is 5.22. The molecule has 0 bridgehead atoms. The van der Waals surface area contributed by atoms with Gasteiger partial charge in [-0.2, -0.15) is 5.10 Å². The second kappa shape index (κ2) is 8.84. The standard InChI is InChI=1S/C22H24ClN5O3S/c1-16-15-21(28(24-16)20-7-3-17(23)4-8-20)22(29)27-13-11-26(12-14-27)19-9-5-18(6-10-19)25-32(2,30)31/h3-10,15,25H,11-14H2,1-2H3. The molecule has 168 valence electrons. The minimum absolute atomic E-state index is 0.0621. The Kier molecular flexibility index (Phi) is 6.12. The summed E-state index contributed by atoms with van der Waals surface area (Å²) < 4.78 is 26.8. The molecule has 1 saturated heterocycles. The summed E-state index contributed by atoms with van der Waals surface area (Å²) in [6.45, 7) is 4.38. The number of halogens is 1. The first-order valence-electron chi connectivity index (χ1n) is 10.1. The van der Waals surface area contributed by atoms with Gasteiger partial charge in [0.15, 0.2) is 0 Å². The summed E-state index contributed by atoms with van der Waals surface area (Å²) in [4.78, 5) is 17.3. The highest BCUT2D eigenvalue weighted by Gasteiger charge is 2.25. The fraction of sp³-hybridized carbons (Fsp3) is 0.273. The molecular weight excluding hydrogens is 450 g/mol. The second-order valence-electron chi connectivity index (χ2n) is 7.76. The Morgan fingerprint density at radius 2 is 1.56 bits per heavy atom. The van der Waals surface area contributed by atoms with Crippen molar-refractivity contribution in [1.82, 2.24) is 14.7 Å². The van der Waals surface area contributed by atoms with Gasteiger partial charge in [0.2, 0.25) is 10.0 Å². The number of sulfonamides is 1. The van der Waals surface area contributed by atoms with Gasteiger partial charge in [0.05, 0.1) is 17.6 Å². The number of hydrogen-bond donors (Lipinski definition) is 1. The van der Waals surface area contributed by atoms with Gasteiger partial charge in [-0.1, -0.05) is 11.6 Å². The fourth-order valence-corrected chi connectivity index (χ4v) is 4.41. The molecular formula is C22H24ClN5O3S. The summed E-state index contributed by atoms with van der Waals surface area (Å²) in [6.07, 6.45) is 1.12. The van der Waals surface area contributed by atoms with E-state index < -0.39 is 10.0 Å². The number of aryl methyl sites for hydroxylation is 1. The summed E-state index contributed by atoms with van der Waals surface area (Å²) in [5.74, 6) is -0.0621. The molecule has 3 aromatic rings. The number of carbonyl (C=O) groups excluding carboxylic acids is 1. The van der Waals surface area contributed by atoms with Crippen LogP contribution < -0.4 is 9.62 Å². The number of nitrogens with zero attached hydrogens (tertiary/aromatic N) is 4. The van der Waals surface area contributed by atoms with Crippen LogP contribution in [0.4, 0.5) is 11.4 Å². The van der Waals surface area contributed by atoms with Crippen LogP contribution in [0.2, 0.25) is 5.02 Å². The fourth-order valence-electron chi connectivity index (χ4n) is 3.72. The van der Waals surface area contributed by atoms with Gasteiger partial charge in [-0.25, -0.2) is 13.1 Å². The summed E-state index contributed by atoms with van der Waals surface area (Å²) in [5, 5.41) is 5.12. The van der Waals surface area contributed by atoms with Gasteiger partial charge in [0.1, 0.15) is 5.69 Å². The lowest BCUT2D eigenvalue weighted by Gasteiger charge is -2.36. The van der Waals surface area contributed by atoms with Crippen molar-refractivity contribution in [3.63, 3.8) is 0 Å². The molecule has 10 heteroatoms. The normalized spacial score (nSPS) is 14.5. The summed E-state index contributed by atoms with van der Waals surface area (Å²) in [7, 11) is -3.30. The van der Waals surface area contributed by atoms with Crippen molar-refractivity contribution >= 4 is 38.9 Å². The highest BCUT2D eigenvalue weighted by Crippen LogP contribution is 2.22. The number of carbonyl (C=O) groups is 1. The zero-order valence-corrected chi connectivity index (χ0v) is 19.4. The van der Waals surface area contributed by atoms with Gasteiger partial charge in [0.25, 0.3) is 5.91 Å². The van der Waals surface area contributed by atoms with Gasteiger partial charge >= 0.3 is 0 Å². The van der Waals surface area contributed by atoms with E-state index >= 15 is 0 Å². The van der Waals surface area contributed by atoms with Crippen LogP contribution in [0.15, 0.2) is 54.6 Å². The highest BCUT2D eigenvalue weighted by molar-refractivity contribution is 7.92. The van der Waals surface area contributed by atoms with Gasteiger partial charge in [0, 0.05) is 42.6 Å². The van der Waals surface area contributed by atoms with Crippen molar-refractivity contribution in [2.45, 2.75) is 6.92 Å². The zero-order valence-electron chi connectivity index (χ0n) is 17.8. The first-order valence-corrected chi connectivity index (χ1v) is 12.4. The van der Waals surface area contributed by atoms with E-state index in [1.165, 1.54) is 0 Å². The Morgan fingerprint density at radius 1 is 0.969 bits per heavy atom. The summed E-state index contributed by atoms with van der Waals surface area (Å²) >= 11 is 5.99. The number of hydrogen-bond acceptors (Lipinski definition) is 5. The van der Waals surface area contributed by atoms with Gasteiger partial charge < -0.3 is 9.80 Å². The first-order chi connectivity index (χ1) is 15.2. The molecule has 1 aromatic heterocycles. The van der Waals surface area contributed by atoms with Crippen LogP contribution in [0.3, 0.4) is 0 Å². The van der Waals surface area contributed by atoms with Crippen molar-refractivity contribution in [2.24, 2.45) is 0 Å². The molecule has 1 fully saturated rings. The van der Waals surface area contributed by atoms with E-state index in [0.29, 0.717) is 42.6 Å². The summed E-state index contributed by atoms with van der Waals surface area (Å²) in [5.41, 5.74) is 3.58. The van der Waals surface area contributed by atoms with Gasteiger partial charge in [-0.15, -0.1) is 0 Å². The van der Waals surface area contributed by atoms with Gasteiger partial charge in [-0.3, -0.25) is 9.52 Å². The molecule has 0 aliphatic carbocycles. The second-order valence-corrected chi connectivity index (χ2v) is 9.94. The molecule has 4 rings (SSSR count). The average Bonchev–Trinajstić information content (AvgIpc) is 3.15. The predicted octanol–water partition coefficient (Wildman–Crippen LogP) is 3.17. The average molecular weight is 474 g/mol. The van der Waals surface area contributed by atoms with E-state index in [0.717, 1.165) is 23.3 Å². The Labute approximate surface area is 192 Å². The molecule has 8 nitrogen and oxygen atoms in total. The monoisotopic (exact) mass is 473 g/mol. The minimum Gasteiger partial charge on any atom is -0.368 e. The molecule has 32 heavy (non-hydrogen) atoms. The quantitative estimate of drug-likeness (QED) is 0.615. The van der Waals surface area contributed by atoms with Crippen LogP contribution in [0.25, 0.3) is 5.69 Å². The highest BCUT2D eigenvalue weighted by atomic mass is 35.5. The van der Waals surface area contributed by atoms with Crippen molar-refractivity contribution in [3.05, 3.63) is 71.0 Å². The molecule has 0 atom stereocenters.